The number of benzene rings is 1. The molecule has 106 valence electrons. The largest absolute Gasteiger partial charge is 0.465 e. The minimum Gasteiger partial charge on any atom is -0.465 e. The first-order valence-electron chi connectivity index (χ1n) is 5.86. The number of esters is 1. The number of ether oxygens (including phenoxy) is 2. The zero-order chi connectivity index (χ0) is 14.3. The van der Waals surface area contributed by atoms with Gasteiger partial charge in [-0.3, -0.25) is 0 Å². The van der Waals surface area contributed by atoms with E-state index < -0.39 is 15.8 Å². The second-order valence-corrected chi connectivity index (χ2v) is 6.27. The second kappa shape index (κ2) is 7.25. The van der Waals surface area contributed by atoms with Gasteiger partial charge in [-0.15, -0.1) is 0 Å². The lowest BCUT2D eigenvalue weighted by Gasteiger charge is -2.08. The summed E-state index contributed by atoms with van der Waals surface area (Å²) in [6, 6.07) is 6.56. The fourth-order valence-corrected chi connectivity index (χ4v) is 3.12. The topological polar surface area (TPSA) is 69.7 Å². The molecule has 0 saturated carbocycles. The smallest absolute Gasteiger partial charge is 0.338 e. The first kappa shape index (κ1) is 15.7. The van der Waals surface area contributed by atoms with Gasteiger partial charge < -0.3 is 9.47 Å². The molecule has 0 N–H and O–H groups in total. The number of sulfone groups is 1. The van der Waals surface area contributed by atoms with Crippen molar-refractivity contribution in [2.75, 3.05) is 26.6 Å². The summed E-state index contributed by atoms with van der Waals surface area (Å²) in [5, 5.41) is 0. The lowest BCUT2D eigenvalue weighted by Crippen LogP contribution is -2.14. The van der Waals surface area contributed by atoms with Crippen molar-refractivity contribution in [3.8, 4) is 0 Å². The standard InChI is InChI=1S/C13H18O5S/c1-17-8-5-9-19(15,16)10-11-6-3-4-7-12(11)13(14)18-2/h3-4,6-7H,5,8-10H2,1-2H3. The van der Waals surface area contributed by atoms with E-state index in [1.54, 1.807) is 24.3 Å². The molecule has 0 spiro atoms. The summed E-state index contributed by atoms with van der Waals surface area (Å²) in [7, 11) is -0.462. The van der Waals surface area contributed by atoms with E-state index in [0.717, 1.165) is 0 Å². The van der Waals surface area contributed by atoms with Crippen LogP contribution in [0.3, 0.4) is 0 Å². The minimum atomic E-state index is -3.26. The Morgan fingerprint density at radius 2 is 1.89 bits per heavy atom. The Kier molecular flexibility index (Phi) is 5.98. The molecule has 0 atom stereocenters. The van der Waals surface area contributed by atoms with E-state index in [-0.39, 0.29) is 11.5 Å². The van der Waals surface area contributed by atoms with Crippen molar-refractivity contribution in [1.82, 2.24) is 0 Å². The van der Waals surface area contributed by atoms with Crippen molar-refractivity contribution in [2.24, 2.45) is 0 Å². The van der Waals surface area contributed by atoms with Crippen LogP contribution in [-0.4, -0.2) is 41.0 Å². The molecule has 0 amide bonds. The van der Waals surface area contributed by atoms with Gasteiger partial charge in [-0.1, -0.05) is 18.2 Å². The Morgan fingerprint density at radius 3 is 2.53 bits per heavy atom. The molecule has 5 nitrogen and oxygen atoms in total. The summed E-state index contributed by atoms with van der Waals surface area (Å²) in [5.41, 5.74) is 0.757. The molecule has 0 bridgehead atoms. The summed E-state index contributed by atoms with van der Waals surface area (Å²) in [4.78, 5) is 11.5. The molecular weight excluding hydrogens is 268 g/mol. The molecule has 0 aliphatic rings. The van der Waals surface area contributed by atoms with Crippen LogP contribution in [0.15, 0.2) is 24.3 Å². The monoisotopic (exact) mass is 286 g/mol. The third-order valence-corrected chi connectivity index (χ3v) is 4.26. The van der Waals surface area contributed by atoms with Crippen molar-refractivity contribution in [1.29, 1.82) is 0 Å². The third kappa shape index (κ3) is 5.00. The molecule has 1 aromatic carbocycles. The third-order valence-electron chi connectivity index (χ3n) is 2.60. The Morgan fingerprint density at radius 1 is 1.21 bits per heavy atom. The van der Waals surface area contributed by atoms with Gasteiger partial charge in [-0.2, -0.15) is 0 Å². The van der Waals surface area contributed by atoms with Crippen molar-refractivity contribution in [3.05, 3.63) is 35.4 Å². The average Bonchev–Trinajstić information content (AvgIpc) is 2.38. The molecule has 6 heteroatoms. The molecular formula is C13H18O5S. The van der Waals surface area contributed by atoms with Crippen LogP contribution in [0.1, 0.15) is 22.3 Å². The van der Waals surface area contributed by atoms with Gasteiger partial charge in [-0.05, 0) is 18.1 Å². The van der Waals surface area contributed by atoms with Gasteiger partial charge in [0.15, 0.2) is 9.84 Å². The molecule has 0 unspecified atom stereocenters. The molecule has 0 aliphatic carbocycles. The van der Waals surface area contributed by atoms with Crippen LogP contribution in [0.4, 0.5) is 0 Å². The molecule has 19 heavy (non-hydrogen) atoms. The van der Waals surface area contributed by atoms with E-state index in [2.05, 4.69) is 4.74 Å². The van der Waals surface area contributed by atoms with Gasteiger partial charge in [0.2, 0.25) is 0 Å². The molecule has 0 fully saturated rings. The van der Waals surface area contributed by atoms with Crippen molar-refractivity contribution in [3.63, 3.8) is 0 Å². The molecule has 0 heterocycles. The van der Waals surface area contributed by atoms with Gasteiger partial charge in [0.25, 0.3) is 0 Å². The van der Waals surface area contributed by atoms with E-state index in [4.69, 9.17) is 4.74 Å². The first-order chi connectivity index (χ1) is 9.00. The quantitative estimate of drug-likeness (QED) is 0.560. The summed E-state index contributed by atoms with van der Waals surface area (Å²) < 4.78 is 33.3. The number of carbonyl (C=O) groups is 1. The van der Waals surface area contributed by atoms with Crippen LogP contribution in [0.2, 0.25) is 0 Å². The van der Waals surface area contributed by atoms with Crippen LogP contribution in [0.5, 0.6) is 0 Å². The van der Waals surface area contributed by atoms with Crippen molar-refractivity contribution >= 4 is 15.8 Å². The molecule has 0 saturated heterocycles. The highest BCUT2D eigenvalue weighted by molar-refractivity contribution is 7.90. The van der Waals surface area contributed by atoms with Gasteiger partial charge in [-0.25, -0.2) is 13.2 Å². The lowest BCUT2D eigenvalue weighted by molar-refractivity contribution is 0.0600. The van der Waals surface area contributed by atoms with Crippen LogP contribution >= 0.6 is 0 Å². The van der Waals surface area contributed by atoms with E-state index >= 15 is 0 Å². The van der Waals surface area contributed by atoms with Crippen LogP contribution in [0.25, 0.3) is 0 Å². The number of carbonyl (C=O) groups excluding carboxylic acids is 1. The number of rotatable bonds is 7. The maximum atomic E-state index is 11.9. The molecule has 0 aliphatic heterocycles. The van der Waals surface area contributed by atoms with Crippen LogP contribution < -0.4 is 0 Å². The van der Waals surface area contributed by atoms with E-state index in [9.17, 15) is 13.2 Å². The predicted octanol–water partition coefficient (Wildman–Crippen LogP) is 1.42. The number of hydrogen-bond donors (Lipinski definition) is 0. The number of methoxy groups -OCH3 is 2. The van der Waals surface area contributed by atoms with Gasteiger partial charge >= 0.3 is 5.97 Å². The maximum Gasteiger partial charge on any atom is 0.338 e. The highest BCUT2D eigenvalue weighted by Gasteiger charge is 2.17. The Hall–Kier alpha value is -1.40. The SMILES string of the molecule is COCCCS(=O)(=O)Cc1ccccc1C(=O)OC. The Bertz CT molecular complexity index is 522. The first-order valence-corrected chi connectivity index (χ1v) is 7.68. The van der Waals surface area contributed by atoms with E-state index in [1.165, 1.54) is 14.2 Å². The van der Waals surface area contributed by atoms with Crippen LogP contribution in [-0.2, 0) is 25.1 Å². The number of hydrogen-bond acceptors (Lipinski definition) is 5. The zero-order valence-corrected chi connectivity index (χ0v) is 11.9. The normalized spacial score (nSPS) is 11.3. The Labute approximate surface area is 113 Å². The van der Waals surface area contributed by atoms with Gasteiger partial charge in [0.05, 0.1) is 24.2 Å². The maximum absolute atomic E-state index is 11.9. The average molecular weight is 286 g/mol. The zero-order valence-electron chi connectivity index (χ0n) is 11.1. The fourth-order valence-electron chi connectivity index (χ4n) is 1.69. The molecule has 0 aromatic heterocycles. The molecule has 0 radical (unpaired) electrons. The molecule has 1 rings (SSSR count). The molecule has 1 aromatic rings. The van der Waals surface area contributed by atoms with Gasteiger partial charge in [0, 0.05) is 13.7 Å². The predicted molar refractivity (Wildman–Crippen MR) is 71.8 cm³/mol. The van der Waals surface area contributed by atoms with Crippen molar-refractivity contribution in [2.45, 2.75) is 12.2 Å². The summed E-state index contributed by atoms with van der Waals surface area (Å²) in [6.07, 6.45) is 0.444. The van der Waals surface area contributed by atoms with E-state index in [1.807, 2.05) is 0 Å². The summed E-state index contributed by atoms with van der Waals surface area (Å²) in [6.45, 7) is 0.401. The second-order valence-electron chi connectivity index (χ2n) is 4.09. The fraction of sp³-hybridized carbons (Fsp3) is 0.462. The Balaban J connectivity index is 2.84. The lowest BCUT2D eigenvalue weighted by atomic mass is 10.1. The van der Waals surface area contributed by atoms with Crippen LogP contribution in [0, 0.1) is 0 Å². The summed E-state index contributed by atoms with van der Waals surface area (Å²) >= 11 is 0. The van der Waals surface area contributed by atoms with E-state index in [0.29, 0.717) is 24.2 Å². The van der Waals surface area contributed by atoms with Gasteiger partial charge in [0.1, 0.15) is 0 Å². The minimum absolute atomic E-state index is 0.0380. The highest BCUT2D eigenvalue weighted by atomic mass is 32.2. The van der Waals surface area contributed by atoms with Crippen molar-refractivity contribution < 1.29 is 22.7 Å². The highest BCUT2D eigenvalue weighted by Crippen LogP contribution is 2.14. The summed E-state index contributed by atoms with van der Waals surface area (Å²) in [5.74, 6) is -0.652.